The zero-order chi connectivity index (χ0) is 47.8. The zero-order valence-corrected chi connectivity index (χ0v) is 44.6. The number of carbonyl (C=O) groups is 1. The van der Waals surface area contributed by atoms with E-state index in [-0.39, 0.29) is 19.1 Å². The Bertz CT molecular complexity index is 1150. The Morgan fingerprint density at radius 3 is 1.26 bits per heavy atom. The molecule has 0 spiro atoms. The van der Waals surface area contributed by atoms with Crippen molar-refractivity contribution in [2.24, 2.45) is 0 Å². The molecule has 3 N–H and O–H groups in total. The molecular formula is C56H110N2O6P+. The minimum Gasteiger partial charge on any atom is -0.387 e. The number of aliphatic hydroxyl groups excluding tert-OH is 1. The van der Waals surface area contributed by atoms with Crippen LogP contribution in [0.5, 0.6) is 0 Å². The molecule has 0 aliphatic heterocycles. The number of hydrogen-bond donors (Lipinski definition) is 3. The minimum atomic E-state index is -4.35. The van der Waals surface area contributed by atoms with E-state index in [4.69, 9.17) is 9.05 Å². The summed E-state index contributed by atoms with van der Waals surface area (Å²) in [4.78, 5) is 23.2. The molecule has 0 radical (unpaired) electrons. The first-order valence-electron chi connectivity index (χ1n) is 27.9. The Morgan fingerprint density at radius 2 is 0.846 bits per heavy atom. The molecule has 0 aromatic rings. The maximum absolute atomic E-state index is 12.9. The first-order chi connectivity index (χ1) is 31.5. The van der Waals surface area contributed by atoms with Crippen LogP contribution in [0.25, 0.3) is 0 Å². The summed E-state index contributed by atoms with van der Waals surface area (Å²) in [7, 11) is 1.55. The van der Waals surface area contributed by atoms with E-state index >= 15 is 0 Å². The van der Waals surface area contributed by atoms with Gasteiger partial charge in [-0.1, -0.05) is 237 Å². The summed E-state index contributed by atoms with van der Waals surface area (Å²) in [6, 6.07) is -0.866. The molecule has 3 unspecified atom stereocenters. The van der Waals surface area contributed by atoms with Crippen molar-refractivity contribution in [3.05, 3.63) is 36.5 Å². The van der Waals surface area contributed by atoms with Gasteiger partial charge >= 0.3 is 7.82 Å². The number of allylic oxidation sites excluding steroid dienone is 5. The summed E-state index contributed by atoms with van der Waals surface area (Å²) in [5.41, 5.74) is 0. The van der Waals surface area contributed by atoms with E-state index in [2.05, 4.69) is 43.5 Å². The number of unbranched alkanes of at least 4 members (excludes halogenated alkanes) is 34. The fourth-order valence-electron chi connectivity index (χ4n) is 8.17. The minimum absolute atomic E-state index is 0.0548. The summed E-state index contributed by atoms with van der Waals surface area (Å²) in [6.07, 6.45) is 61.3. The van der Waals surface area contributed by atoms with Crippen molar-refractivity contribution in [3.63, 3.8) is 0 Å². The number of quaternary nitrogens is 1. The smallest absolute Gasteiger partial charge is 0.387 e. The van der Waals surface area contributed by atoms with Crippen LogP contribution < -0.4 is 5.32 Å². The van der Waals surface area contributed by atoms with E-state index in [9.17, 15) is 19.4 Å². The van der Waals surface area contributed by atoms with Crippen molar-refractivity contribution in [3.8, 4) is 0 Å². The molecule has 0 aliphatic rings. The van der Waals surface area contributed by atoms with Crippen molar-refractivity contribution in [1.82, 2.24) is 5.32 Å². The average Bonchev–Trinajstić information content (AvgIpc) is 3.26. The predicted molar refractivity (Wildman–Crippen MR) is 281 cm³/mol. The van der Waals surface area contributed by atoms with Gasteiger partial charge in [0, 0.05) is 6.42 Å². The van der Waals surface area contributed by atoms with Crippen LogP contribution in [-0.4, -0.2) is 73.4 Å². The number of carbonyl (C=O) groups excluding carboxylic acids is 1. The van der Waals surface area contributed by atoms with Crippen LogP contribution in [0.1, 0.15) is 264 Å². The number of likely N-dealkylation sites (N-methyl/N-ethyl adjacent to an activating group) is 1. The lowest BCUT2D eigenvalue weighted by Crippen LogP contribution is -2.45. The van der Waals surface area contributed by atoms with Gasteiger partial charge < -0.3 is 19.8 Å². The fourth-order valence-corrected chi connectivity index (χ4v) is 8.91. The lowest BCUT2D eigenvalue weighted by atomic mass is 10.0. The average molecular weight is 938 g/mol. The van der Waals surface area contributed by atoms with Gasteiger partial charge in [-0.2, -0.15) is 0 Å². The zero-order valence-electron chi connectivity index (χ0n) is 43.7. The molecule has 0 saturated heterocycles. The van der Waals surface area contributed by atoms with Gasteiger partial charge in [-0.3, -0.25) is 13.8 Å². The van der Waals surface area contributed by atoms with Crippen LogP contribution in [0.15, 0.2) is 36.5 Å². The van der Waals surface area contributed by atoms with E-state index in [1.165, 1.54) is 193 Å². The SMILES string of the molecule is CCCCC/C=C\CCCCCCCC(=O)NC(COP(=O)(O)OCC[N+](C)(C)C)C(O)/C=C/CC/C=C/CCCCCCCCCCCCCCCCCCCCCCCCCCC. The highest BCUT2D eigenvalue weighted by atomic mass is 31.2. The van der Waals surface area contributed by atoms with Crippen LogP contribution in [0.4, 0.5) is 0 Å². The molecule has 0 aromatic carbocycles. The maximum atomic E-state index is 12.9. The molecule has 0 saturated carbocycles. The van der Waals surface area contributed by atoms with Crippen LogP contribution in [0.2, 0.25) is 0 Å². The Hall–Kier alpha value is -1.28. The van der Waals surface area contributed by atoms with Crippen LogP contribution in [-0.2, 0) is 18.4 Å². The Labute approximate surface area is 404 Å². The van der Waals surface area contributed by atoms with E-state index < -0.39 is 20.0 Å². The summed E-state index contributed by atoms with van der Waals surface area (Å²) in [5, 5.41) is 13.9. The highest BCUT2D eigenvalue weighted by Gasteiger charge is 2.27. The molecule has 384 valence electrons. The highest BCUT2D eigenvalue weighted by molar-refractivity contribution is 7.47. The third-order valence-electron chi connectivity index (χ3n) is 12.6. The second kappa shape index (κ2) is 47.8. The molecule has 65 heavy (non-hydrogen) atoms. The fraction of sp³-hybridized carbons (Fsp3) is 0.875. The van der Waals surface area contributed by atoms with Crippen LogP contribution >= 0.6 is 7.82 Å². The number of aliphatic hydroxyl groups is 1. The van der Waals surface area contributed by atoms with Gasteiger partial charge in [0.1, 0.15) is 13.2 Å². The van der Waals surface area contributed by atoms with Gasteiger partial charge in [0.2, 0.25) is 5.91 Å². The van der Waals surface area contributed by atoms with E-state index in [1.807, 2.05) is 27.2 Å². The second-order valence-electron chi connectivity index (χ2n) is 20.3. The van der Waals surface area contributed by atoms with E-state index in [0.717, 1.165) is 51.4 Å². The molecule has 3 atom stereocenters. The van der Waals surface area contributed by atoms with Gasteiger partial charge in [0.05, 0.1) is 39.9 Å². The third-order valence-corrected chi connectivity index (χ3v) is 13.6. The maximum Gasteiger partial charge on any atom is 0.472 e. The largest absolute Gasteiger partial charge is 0.472 e. The summed E-state index contributed by atoms with van der Waals surface area (Å²) in [5.74, 6) is -0.196. The van der Waals surface area contributed by atoms with Crippen molar-refractivity contribution in [1.29, 1.82) is 0 Å². The molecule has 8 nitrogen and oxygen atoms in total. The van der Waals surface area contributed by atoms with E-state index in [0.29, 0.717) is 17.4 Å². The second-order valence-corrected chi connectivity index (χ2v) is 21.8. The summed E-state index contributed by atoms with van der Waals surface area (Å²) >= 11 is 0. The van der Waals surface area contributed by atoms with E-state index in [1.54, 1.807) is 6.08 Å². The van der Waals surface area contributed by atoms with Gasteiger partial charge in [-0.15, -0.1) is 0 Å². The molecule has 0 rings (SSSR count). The third kappa shape index (κ3) is 50.4. The van der Waals surface area contributed by atoms with Crippen LogP contribution in [0, 0.1) is 0 Å². The van der Waals surface area contributed by atoms with Crippen LogP contribution in [0.3, 0.4) is 0 Å². The van der Waals surface area contributed by atoms with Gasteiger partial charge in [0.15, 0.2) is 0 Å². The number of rotatable bonds is 51. The first-order valence-corrected chi connectivity index (χ1v) is 29.4. The number of hydrogen-bond acceptors (Lipinski definition) is 5. The normalized spacial score (nSPS) is 14.3. The van der Waals surface area contributed by atoms with Gasteiger partial charge in [0.25, 0.3) is 0 Å². The summed E-state index contributed by atoms with van der Waals surface area (Å²) < 4.78 is 23.6. The van der Waals surface area contributed by atoms with Crippen molar-refractivity contribution in [2.45, 2.75) is 276 Å². The molecular weight excluding hydrogens is 828 g/mol. The topological polar surface area (TPSA) is 105 Å². The van der Waals surface area contributed by atoms with Gasteiger partial charge in [-0.25, -0.2) is 4.57 Å². The molecule has 0 aliphatic carbocycles. The lowest BCUT2D eigenvalue weighted by molar-refractivity contribution is -0.870. The van der Waals surface area contributed by atoms with Crippen molar-refractivity contribution < 1.29 is 32.9 Å². The van der Waals surface area contributed by atoms with Crippen molar-refractivity contribution >= 4 is 13.7 Å². The molecule has 0 aromatic heterocycles. The van der Waals surface area contributed by atoms with Crippen molar-refractivity contribution in [2.75, 3.05) is 40.9 Å². The Balaban J connectivity index is 4.11. The lowest BCUT2D eigenvalue weighted by Gasteiger charge is -2.25. The molecule has 9 heteroatoms. The quantitative estimate of drug-likeness (QED) is 0.0243. The standard InChI is InChI=1S/C56H109N2O6P/c1-6-8-10-12-14-16-18-20-21-22-23-24-25-26-27-28-29-30-31-32-33-34-35-36-37-38-39-41-43-45-47-49-55(59)54(53-64-65(61,62)63-52-51-58(3,4)5)57-56(60)50-48-46-44-42-40-19-17-15-13-11-9-7-2/h15,17,39,41,47,49,54-55,59H,6-14,16,18-38,40,42-46,48,50-53H2,1-5H3,(H-,57,60,61,62)/p+1/b17-15-,41-39+,49-47+. The highest BCUT2D eigenvalue weighted by Crippen LogP contribution is 2.43. The molecule has 0 heterocycles. The number of amides is 1. The Morgan fingerprint density at radius 1 is 0.508 bits per heavy atom. The predicted octanol–water partition coefficient (Wildman–Crippen LogP) is 16.6. The summed E-state index contributed by atoms with van der Waals surface area (Å²) in [6.45, 7) is 4.78. The number of phosphoric acid groups is 1. The Kier molecular flexibility index (Phi) is 46.8. The number of nitrogens with one attached hydrogen (secondary N) is 1. The number of nitrogens with zero attached hydrogens (tertiary/aromatic N) is 1. The number of phosphoric ester groups is 1. The monoisotopic (exact) mass is 938 g/mol. The first kappa shape index (κ1) is 63.7. The van der Waals surface area contributed by atoms with Gasteiger partial charge in [-0.05, 0) is 57.8 Å². The molecule has 0 bridgehead atoms. The molecule has 1 amide bonds. The molecule has 0 fully saturated rings.